The first-order valence-electron chi connectivity index (χ1n) is 19.9. The molecule has 4 aromatic rings. The van der Waals surface area contributed by atoms with Gasteiger partial charge in [-0.25, -0.2) is 19.3 Å². The molecular weight excluding hydrogens is 819 g/mol. The van der Waals surface area contributed by atoms with Crippen molar-refractivity contribution in [3.63, 3.8) is 0 Å². The molecule has 2 heterocycles. The monoisotopic (exact) mass is 872 g/mol. The molecule has 60 heavy (non-hydrogen) atoms. The molecule has 2 fully saturated rings. The number of piperidine rings is 2. The van der Waals surface area contributed by atoms with Crippen LogP contribution in [0, 0.1) is 13.1 Å². The molecule has 0 spiro atoms. The fraction of sp³-hybridized carbons (Fsp3) is 0.333. The van der Waals surface area contributed by atoms with Gasteiger partial charge in [0.15, 0.2) is 11.4 Å². The summed E-state index contributed by atoms with van der Waals surface area (Å²) >= 11 is 3.48. The van der Waals surface area contributed by atoms with Crippen molar-refractivity contribution in [2.24, 2.45) is 0 Å². The number of likely N-dealkylation sites (tertiary alicyclic amines) is 2. The molecule has 10 nitrogen and oxygen atoms in total. The first-order chi connectivity index (χ1) is 28.4. The average molecular weight is 874 g/mol. The molecule has 2 N–H and O–H groups in total. The second-order valence-corrected chi connectivity index (χ2v) is 17.4. The topological polar surface area (TPSA) is 108 Å². The van der Waals surface area contributed by atoms with E-state index in [1.165, 1.54) is 22.8 Å². The molecule has 0 saturated carbocycles. The van der Waals surface area contributed by atoms with Crippen LogP contribution in [0.2, 0.25) is 0 Å². The number of halogens is 1. The lowest BCUT2D eigenvalue weighted by Gasteiger charge is -2.31. The number of carbonyl (C=O) groups excluding carboxylic acids is 2. The van der Waals surface area contributed by atoms with Gasteiger partial charge in [-0.3, -0.25) is 0 Å². The van der Waals surface area contributed by atoms with Crippen LogP contribution in [-0.2, 0) is 9.47 Å². The quantitative estimate of drug-likeness (QED) is 0.156. The van der Waals surface area contributed by atoms with E-state index in [0.717, 1.165) is 59.9 Å². The Morgan fingerprint density at radius 3 is 1.50 bits per heavy atom. The molecule has 2 aliphatic heterocycles. The highest BCUT2D eigenvalue weighted by molar-refractivity contribution is 9.10. The second-order valence-electron chi connectivity index (χ2n) is 16.5. The summed E-state index contributed by atoms with van der Waals surface area (Å²) in [4.78, 5) is 34.4. The number of hydrogen-bond acceptors (Lipinski definition) is 6. The van der Waals surface area contributed by atoms with E-state index < -0.39 is 18.3 Å². The Labute approximate surface area is 364 Å². The Kier molecular flexibility index (Phi) is 17.3. The van der Waals surface area contributed by atoms with Gasteiger partial charge in [0.25, 0.3) is 0 Å². The molecule has 312 valence electrons. The summed E-state index contributed by atoms with van der Waals surface area (Å²) in [6.07, 6.45) is 7.54. The van der Waals surface area contributed by atoms with Crippen molar-refractivity contribution < 1.29 is 29.1 Å². The van der Waals surface area contributed by atoms with Crippen LogP contribution in [0.1, 0.15) is 78.4 Å². The van der Waals surface area contributed by atoms with E-state index in [1.807, 2.05) is 84.0 Å². The Hall–Kier alpha value is -5.66. The summed E-state index contributed by atoms with van der Waals surface area (Å²) in [5.74, 6) is 0. The highest BCUT2D eigenvalue weighted by Crippen LogP contribution is 2.28. The number of rotatable bonds is 4. The third-order valence-corrected chi connectivity index (χ3v) is 9.69. The molecule has 0 radical (unpaired) electrons. The maximum atomic E-state index is 12.2. The normalized spacial score (nSPS) is 13.8. The minimum Gasteiger partial charge on any atom is -0.444 e. The number of ether oxygens (including phenoxy) is 2. The maximum absolute atomic E-state index is 12.2. The lowest BCUT2D eigenvalue weighted by atomic mass is 9.80. The van der Waals surface area contributed by atoms with Crippen LogP contribution in [-0.4, -0.2) is 76.5 Å². The fourth-order valence-corrected chi connectivity index (χ4v) is 6.70. The van der Waals surface area contributed by atoms with Crippen molar-refractivity contribution in [2.75, 3.05) is 26.2 Å². The largest absolute Gasteiger partial charge is 0.487 e. The van der Waals surface area contributed by atoms with Gasteiger partial charge in [0.2, 0.25) is 0 Å². The zero-order valence-corrected chi connectivity index (χ0v) is 36.9. The molecular formula is C48H54BBrN4O6. The van der Waals surface area contributed by atoms with Gasteiger partial charge >= 0.3 is 19.3 Å². The lowest BCUT2D eigenvalue weighted by Crippen LogP contribution is -2.40. The van der Waals surface area contributed by atoms with Crippen molar-refractivity contribution in [3.05, 3.63) is 147 Å². The molecule has 0 bridgehead atoms. The summed E-state index contributed by atoms with van der Waals surface area (Å²) in [6, 6.07) is 30.5. The third-order valence-electron chi connectivity index (χ3n) is 9.20. The Balaban J connectivity index is 0.000000217. The summed E-state index contributed by atoms with van der Waals surface area (Å²) < 4.78 is 12.0. The van der Waals surface area contributed by atoms with E-state index in [4.69, 9.17) is 32.7 Å². The van der Waals surface area contributed by atoms with Crippen LogP contribution in [0.15, 0.2) is 113 Å². The van der Waals surface area contributed by atoms with Gasteiger partial charge in [-0.15, -0.1) is 0 Å². The third kappa shape index (κ3) is 16.2. The standard InChI is InChI=1S/C24H26N2O2.C17H22BrNO2.C7H6BNO2/c1-24(2,3)28-23(27)26-13-11-18(12-14-26)15-19-7-5-8-20(16-19)21-9-6-10-22(17-21)25-4;1-17(2,3)21-16(20)19-9-7-13(8-10-19)11-14-5-4-6-15(18)12-14;1-9-7-4-2-3-6(5-7)8(10)11/h5-10,15-17H,11-14H2,1-3H3;4-6,11-12H,7-10H2,1-3H3;2-5,10-11H. The van der Waals surface area contributed by atoms with Gasteiger partial charge in [0.1, 0.15) is 11.2 Å². The minimum atomic E-state index is -1.49. The number of benzene rings is 4. The number of amides is 2. The van der Waals surface area contributed by atoms with Crippen molar-refractivity contribution in [2.45, 2.75) is 78.4 Å². The van der Waals surface area contributed by atoms with Crippen LogP contribution in [0.4, 0.5) is 21.0 Å². The molecule has 12 heteroatoms. The summed E-state index contributed by atoms with van der Waals surface area (Å²) in [6.45, 7) is 28.0. The average Bonchev–Trinajstić information content (AvgIpc) is 3.21. The maximum Gasteiger partial charge on any atom is 0.487 e. The molecule has 2 amide bonds. The molecule has 0 unspecified atom stereocenters. The number of nitrogens with zero attached hydrogens (tertiary/aromatic N) is 4. The van der Waals surface area contributed by atoms with Crippen molar-refractivity contribution >= 4 is 64.2 Å². The van der Waals surface area contributed by atoms with Gasteiger partial charge in [-0.2, -0.15) is 0 Å². The van der Waals surface area contributed by atoms with Crippen molar-refractivity contribution in [1.29, 1.82) is 0 Å². The van der Waals surface area contributed by atoms with Crippen molar-refractivity contribution in [3.8, 4) is 11.1 Å². The van der Waals surface area contributed by atoms with E-state index in [9.17, 15) is 9.59 Å². The van der Waals surface area contributed by atoms with Gasteiger partial charge in [-0.1, -0.05) is 112 Å². The summed E-state index contributed by atoms with van der Waals surface area (Å²) in [5.41, 5.74) is 7.74. The second kappa shape index (κ2) is 22.1. The van der Waals surface area contributed by atoms with Crippen LogP contribution in [0.3, 0.4) is 0 Å². The highest BCUT2D eigenvalue weighted by Gasteiger charge is 2.26. The summed E-state index contributed by atoms with van der Waals surface area (Å²) in [5, 5.41) is 17.4. The smallest absolute Gasteiger partial charge is 0.444 e. The molecule has 0 aromatic heterocycles. The Morgan fingerprint density at radius 2 is 1.05 bits per heavy atom. The van der Waals surface area contributed by atoms with Crippen LogP contribution in [0.5, 0.6) is 0 Å². The molecule has 2 aliphatic rings. The van der Waals surface area contributed by atoms with E-state index in [2.05, 4.69) is 68.1 Å². The highest BCUT2D eigenvalue weighted by atomic mass is 79.9. The van der Waals surface area contributed by atoms with Crippen LogP contribution >= 0.6 is 15.9 Å². The van der Waals surface area contributed by atoms with Crippen LogP contribution in [0.25, 0.3) is 33.0 Å². The zero-order valence-electron chi connectivity index (χ0n) is 35.3. The van der Waals surface area contributed by atoms with Gasteiger partial charge in [-0.05, 0) is 119 Å². The SMILES string of the molecule is CC(C)(C)OC(=O)N1CCC(=Cc2cccc(Br)c2)CC1.[C-]#[N+]c1cccc(-c2cccc(C=C3CCN(C(=O)OC(C)(C)C)CC3)c2)c1.[C-]#[N+]c1cccc(B(O)O)c1. The molecule has 0 aliphatic carbocycles. The van der Waals surface area contributed by atoms with E-state index in [0.29, 0.717) is 29.9 Å². The summed E-state index contributed by atoms with van der Waals surface area (Å²) in [7, 11) is -1.49. The molecule has 6 rings (SSSR count). The first kappa shape index (κ1) is 47.0. The van der Waals surface area contributed by atoms with Gasteiger partial charge < -0.3 is 29.3 Å². The van der Waals surface area contributed by atoms with Crippen LogP contribution < -0.4 is 5.46 Å². The molecule has 2 saturated heterocycles. The van der Waals surface area contributed by atoms with E-state index in [-0.39, 0.29) is 12.2 Å². The van der Waals surface area contributed by atoms with E-state index in [1.54, 1.807) is 28.0 Å². The fourth-order valence-electron chi connectivity index (χ4n) is 6.28. The molecule has 0 atom stereocenters. The van der Waals surface area contributed by atoms with E-state index >= 15 is 0 Å². The van der Waals surface area contributed by atoms with Crippen molar-refractivity contribution in [1.82, 2.24) is 9.80 Å². The lowest BCUT2D eigenvalue weighted by molar-refractivity contribution is 0.0226. The number of carbonyl (C=O) groups is 2. The Morgan fingerprint density at radius 1 is 0.633 bits per heavy atom. The van der Waals surface area contributed by atoms with Gasteiger partial charge in [0.05, 0.1) is 13.1 Å². The number of hydrogen-bond donors (Lipinski definition) is 2. The Bertz CT molecular complexity index is 2230. The predicted octanol–water partition coefficient (Wildman–Crippen LogP) is 11.1. The predicted molar refractivity (Wildman–Crippen MR) is 245 cm³/mol. The first-order valence-corrected chi connectivity index (χ1v) is 20.7. The zero-order chi connectivity index (χ0) is 43.9. The van der Waals surface area contributed by atoms with Gasteiger partial charge in [0, 0.05) is 30.7 Å². The molecule has 4 aromatic carbocycles. The minimum absolute atomic E-state index is 0.205.